The number of carbonyl (C=O) groups excluding carboxylic acids is 2. The van der Waals surface area contributed by atoms with Crippen molar-refractivity contribution in [3.8, 4) is 0 Å². The van der Waals surface area contributed by atoms with E-state index in [0.717, 1.165) is 4.90 Å². The maximum atomic E-state index is 11.2. The monoisotopic (exact) mass is 201 g/mol. The lowest BCUT2D eigenvalue weighted by Crippen LogP contribution is -2.40. The zero-order valence-electron chi connectivity index (χ0n) is 7.51. The molecule has 1 atom stereocenters. The van der Waals surface area contributed by atoms with Crippen LogP contribution in [0.2, 0.25) is 0 Å². The highest BCUT2D eigenvalue weighted by Crippen LogP contribution is 2.18. The number of nitrogens with zero attached hydrogens (tertiary/aromatic N) is 1. The van der Waals surface area contributed by atoms with Gasteiger partial charge in [0, 0.05) is 6.54 Å². The first-order valence-electron chi connectivity index (χ1n) is 4.26. The van der Waals surface area contributed by atoms with Gasteiger partial charge in [0.05, 0.1) is 0 Å². The van der Waals surface area contributed by atoms with E-state index in [4.69, 9.17) is 5.11 Å². The Morgan fingerprint density at radius 1 is 1.57 bits per heavy atom. The lowest BCUT2D eigenvalue weighted by molar-refractivity contribution is -0.141. The van der Waals surface area contributed by atoms with Crippen LogP contribution < -0.4 is 0 Å². The molecule has 1 N–H and O–H groups in total. The molecule has 0 radical (unpaired) electrons. The standard InChI is InChI=1S/C8H11NO5/c10-4-5-14-8(13)9-3-1-2-6(9)7(11)12/h4,6H,1-3,5H2,(H,11,12). The van der Waals surface area contributed by atoms with E-state index in [1.54, 1.807) is 0 Å². The molecule has 1 heterocycles. The summed E-state index contributed by atoms with van der Waals surface area (Å²) in [6.07, 6.45) is 0.796. The second-order valence-corrected chi connectivity index (χ2v) is 2.93. The Hall–Kier alpha value is -1.59. The summed E-state index contributed by atoms with van der Waals surface area (Å²) in [5.41, 5.74) is 0. The minimum atomic E-state index is -1.04. The number of ether oxygens (including phenoxy) is 1. The number of aliphatic carboxylic acids is 1. The van der Waals surface area contributed by atoms with E-state index in [9.17, 15) is 14.4 Å². The molecule has 1 amide bonds. The Balaban J connectivity index is 2.53. The molecule has 1 saturated heterocycles. The Kier molecular flexibility index (Phi) is 3.44. The van der Waals surface area contributed by atoms with Crippen molar-refractivity contribution in [3.05, 3.63) is 0 Å². The lowest BCUT2D eigenvalue weighted by Gasteiger charge is -2.19. The zero-order valence-corrected chi connectivity index (χ0v) is 7.51. The van der Waals surface area contributed by atoms with E-state index < -0.39 is 18.1 Å². The lowest BCUT2D eigenvalue weighted by atomic mass is 10.2. The van der Waals surface area contributed by atoms with Crippen molar-refractivity contribution < 1.29 is 24.2 Å². The summed E-state index contributed by atoms with van der Waals surface area (Å²) in [5.74, 6) is -1.04. The van der Waals surface area contributed by atoms with Crippen LogP contribution in [0.25, 0.3) is 0 Å². The Bertz CT molecular complexity index is 252. The molecule has 0 aromatic rings. The highest BCUT2D eigenvalue weighted by atomic mass is 16.6. The summed E-state index contributed by atoms with van der Waals surface area (Å²) in [6.45, 7) is 0.0380. The van der Waals surface area contributed by atoms with Crippen LogP contribution >= 0.6 is 0 Å². The number of carboxylic acid groups (broad SMARTS) is 1. The van der Waals surface area contributed by atoms with Gasteiger partial charge in [-0.05, 0) is 12.8 Å². The molecule has 6 heteroatoms. The van der Waals surface area contributed by atoms with Crippen molar-refractivity contribution in [1.82, 2.24) is 4.90 Å². The summed E-state index contributed by atoms with van der Waals surface area (Å²) < 4.78 is 4.51. The van der Waals surface area contributed by atoms with Crippen molar-refractivity contribution >= 4 is 18.3 Å². The number of amides is 1. The average Bonchev–Trinajstić information content (AvgIpc) is 2.62. The summed E-state index contributed by atoms with van der Waals surface area (Å²) in [4.78, 5) is 32.9. The summed E-state index contributed by atoms with van der Waals surface area (Å²) in [6, 6.07) is -0.811. The number of rotatable bonds is 3. The fraction of sp³-hybridized carbons (Fsp3) is 0.625. The van der Waals surface area contributed by atoms with Crippen molar-refractivity contribution in [2.24, 2.45) is 0 Å². The minimum absolute atomic E-state index is 0.332. The first-order chi connectivity index (χ1) is 6.66. The molecule has 0 bridgehead atoms. The van der Waals surface area contributed by atoms with Gasteiger partial charge in [0.1, 0.15) is 12.6 Å². The third-order valence-corrected chi connectivity index (χ3v) is 2.05. The van der Waals surface area contributed by atoms with E-state index in [0.29, 0.717) is 25.7 Å². The predicted molar refractivity (Wildman–Crippen MR) is 44.8 cm³/mol. The maximum absolute atomic E-state index is 11.2. The average molecular weight is 201 g/mol. The fourth-order valence-corrected chi connectivity index (χ4v) is 1.43. The Morgan fingerprint density at radius 2 is 2.29 bits per heavy atom. The van der Waals surface area contributed by atoms with E-state index in [1.807, 2.05) is 0 Å². The topological polar surface area (TPSA) is 83.9 Å². The van der Waals surface area contributed by atoms with E-state index >= 15 is 0 Å². The molecule has 1 unspecified atom stereocenters. The molecule has 1 fully saturated rings. The second-order valence-electron chi connectivity index (χ2n) is 2.93. The number of carbonyl (C=O) groups is 3. The van der Waals surface area contributed by atoms with Crippen LogP contribution in [0.1, 0.15) is 12.8 Å². The van der Waals surface area contributed by atoms with Gasteiger partial charge in [0.2, 0.25) is 0 Å². The van der Waals surface area contributed by atoms with Gasteiger partial charge < -0.3 is 9.84 Å². The van der Waals surface area contributed by atoms with Gasteiger partial charge in [-0.2, -0.15) is 0 Å². The second kappa shape index (κ2) is 4.59. The third-order valence-electron chi connectivity index (χ3n) is 2.05. The van der Waals surface area contributed by atoms with Crippen molar-refractivity contribution in [3.63, 3.8) is 0 Å². The summed E-state index contributed by atoms with van der Waals surface area (Å²) in [7, 11) is 0. The number of hydrogen-bond donors (Lipinski definition) is 1. The van der Waals surface area contributed by atoms with Gasteiger partial charge in [0.15, 0.2) is 6.29 Å². The third kappa shape index (κ3) is 2.21. The number of carboxylic acids is 1. The zero-order chi connectivity index (χ0) is 10.6. The molecule has 0 aliphatic carbocycles. The van der Waals surface area contributed by atoms with Crippen LogP contribution in [0.4, 0.5) is 4.79 Å². The first-order valence-corrected chi connectivity index (χ1v) is 4.26. The molecular formula is C8H11NO5. The Morgan fingerprint density at radius 3 is 2.86 bits per heavy atom. The molecule has 1 aliphatic rings. The highest BCUT2D eigenvalue weighted by Gasteiger charge is 2.34. The van der Waals surface area contributed by atoms with E-state index in [1.165, 1.54) is 0 Å². The van der Waals surface area contributed by atoms with Gasteiger partial charge in [-0.3, -0.25) is 9.69 Å². The van der Waals surface area contributed by atoms with Crippen LogP contribution in [-0.4, -0.2) is 47.5 Å². The fourth-order valence-electron chi connectivity index (χ4n) is 1.43. The molecule has 0 aromatic heterocycles. The summed E-state index contributed by atoms with van der Waals surface area (Å²) in [5, 5.41) is 8.74. The normalized spacial score (nSPS) is 20.6. The van der Waals surface area contributed by atoms with Crippen LogP contribution in [-0.2, 0) is 14.3 Å². The van der Waals surface area contributed by atoms with Gasteiger partial charge >= 0.3 is 12.1 Å². The van der Waals surface area contributed by atoms with E-state index in [2.05, 4.69) is 4.74 Å². The quantitative estimate of drug-likeness (QED) is 0.643. The van der Waals surface area contributed by atoms with Crippen LogP contribution in [0, 0.1) is 0 Å². The summed E-state index contributed by atoms with van der Waals surface area (Å²) >= 11 is 0. The molecule has 0 aromatic carbocycles. The largest absolute Gasteiger partial charge is 0.480 e. The van der Waals surface area contributed by atoms with Crippen LogP contribution in [0.5, 0.6) is 0 Å². The molecular weight excluding hydrogens is 190 g/mol. The van der Waals surface area contributed by atoms with Gasteiger partial charge in [-0.15, -0.1) is 0 Å². The molecule has 0 spiro atoms. The molecule has 1 rings (SSSR count). The molecule has 6 nitrogen and oxygen atoms in total. The van der Waals surface area contributed by atoms with E-state index in [-0.39, 0.29) is 6.61 Å². The van der Waals surface area contributed by atoms with Crippen molar-refractivity contribution in [2.45, 2.75) is 18.9 Å². The number of hydrogen-bond acceptors (Lipinski definition) is 4. The molecule has 0 saturated carbocycles. The van der Waals surface area contributed by atoms with Crippen molar-refractivity contribution in [2.75, 3.05) is 13.2 Å². The van der Waals surface area contributed by atoms with Crippen molar-refractivity contribution in [1.29, 1.82) is 0 Å². The van der Waals surface area contributed by atoms with Crippen LogP contribution in [0.3, 0.4) is 0 Å². The van der Waals surface area contributed by atoms with Gasteiger partial charge in [0.25, 0.3) is 0 Å². The highest BCUT2D eigenvalue weighted by molar-refractivity contribution is 5.81. The molecule has 14 heavy (non-hydrogen) atoms. The SMILES string of the molecule is O=CCOC(=O)N1CCCC1C(=O)O. The number of likely N-dealkylation sites (tertiary alicyclic amines) is 1. The maximum Gasteiger partial charge on any atom is 0.410 e. The molecule has 1 aliphatic heterocycles. The smallest absolute Gasteiger partial charge is 0.410 e. The van der Waals surface area contributed by atoms with Crippen LogP contribution in [0.15, 0.2) is 0 Å². The first kappa shape index (κ1) is 10.5. The number of aldehydes is 1. The Labute approximate surface area is 80.4 Å². The van der Waals surface area contributed by atoms with Gasteiger partial charge in [-0.25, -0.2) is 9.59 Å². The molecule has 78 valence electrons. The minimum Gasteiger partial charge on any atom is -0.480 e. The van der Waals surface area contributed by atoms with Gasteiger partial charge in [-0.1, -0.05) is 0 Å². The predicted octanol–water partition coefficient (Wildman–Crippen LogP) is -0.129.